The number of ether oxygens (including phenoxy) is 1. The molecule has 0 aliphatic carbocycles. The standard InChI is InChI=1S/C22H21ClN2O4/c1-14-6-8-16(9-7-14)28-13-17-10-11-20(29-17)22(27)24-12-21(26)25-19-5-3-4-18(23)15(19)2/h3-11H,12-13H2,1-2H3,(H,24,27)(H,25,26). The van der Waals surface area contributed by atoms with Crippen molar-refractivity contribution in [1.82, 2.24) is 5.32 Å². The van der Waals surface area contributed by atoms with E-state index in [-0.39, 0.29) is 24.8 Å². The maximum absolute atomic E-state index is 12.2. The second-order valence-corrected chi connectivity index (χ2v) is 6.92. The van der Waals surface area contributed by atoms with E-state index in [1.54, 1.807) is 37.3 Å². The summed E-state index contributed by atoms with van der Waals surface area (Å²) in [5, 5.41) is 5.80. The summed E-state index contributed by atoms with van der Waals surface area (Å²) in [5.41, 5.74) is 2.51. The lowest BCUT2D eigenvalue weighted by Crippen LogP contribution is -2.32. The highest BCUT2D eigenvalue weighted by Crippen LogP contribution is 2.22. The minimum atomic E-state index is -0.482. The Morgan fingerprint density at radius 2 is 1.79 bits per heavy atom. The summed E-state index contributed by atoms with van der Waals surface area (Å²) < 4.78 is 11.1. The molecule has 0 fully saturated rings. The van der Waals surface area contributed by atoms with Crippen molar-refractivity contribution in [3.63, 3.8) is 0 Å². The largest absolute Gasteiger partial charge is 0.486 e. The van der Waals surface area contributed by atoms with Crippen LogP contribution in [0.1, 0.15) is 27.4 Å². The predicted molar refractivity (Wildman–Crippen MR) is 111 cm³/mol. The molecule has 0 bridgehead atoms. The van der Waals surface area contributed by atoms with Crippen molar-refractivity contribution >= 4 is 29.1 Å². The van der Waals surface area contributed by atoms with Gasteiger partial charge in [0.25, 0.3) is 5.91 Å². The molecule has 3 aromatic rings. The van der Waals surface area contributed by atoms with E-state index in [1.165, 1.54) is 0 Å². The van der Waals surface area contributed by atoms with Gasteiger partial charge in [-0.25, -0.2) is 0 Å². The molecule has 150 valence electrons. The molecule has 7 heteroatoms. The first-order valence-corrected chi connectivity index (χ1v) is 9.41. The number of furan rings is 1. The van der Waals surface area contributed by atoms with E-state index >= 15 is 0 Å². The van der Waals surface area contributed by atoms with Crippen molar-refractivity contribution in [2.75, 3.05) is 11.9 Å². The van der Waals surface area contributed by atoms with Crippen molar-refractivity contribution < 1.29 is 18.7 Å². The second-order valence-electron chi connectivity index (χ2n) is 6.51. The Kier molecular flexibility index (Phi) is 6.57. The van der Waals surface area contributed by atoms with Crippen LogP contribution in [-0.4, -0.2) is 18.4 Å². The fourth-order valence-electron chi connectivity index (χ4n) is 2.55. The minimum Gasteiger partial charge on any atom is -0.486 e. The molecular formula is C22H21ClN2O4. The Morgan fingerprint density at radius 3 is 2.55 bits per heavy atom. The molecule has 1 heterocycles. The third-order valence-corrected chi connectivity index (χ3v) is 4.65. The molecule has 3 rings (SSSR count). The van der Waals surface area contributed by atoms with Crippen molar-refractivity contribution in [3.05, 3.63) is 82.3 Å². The molecule has 0 aliphatic rings. The van der Waals surface area contributed by atoms with E-state index in [2.05, 4.69) is 10.6 Å². The Labute approximate surface area is 173 Å². The summed E-state index contributed by atoms with van der Waals surface area (Å²) in [4.78, 5) is 24.3. The first kappa shape index (κ1) is 20.5. The number of rotatable bonds is 7. The maximum Gasteiger partial charge on any atom is 0.287 e. The van der Waals surface area contributed by atoms with Crippen LogP contribution in [0.5, 0.6) is 5.75 Å². The zero-order chi connectivity index (χ0) is 20.8. The number of hydrogen-bond donors (Lipinski definition) is 2. The third-order valence-electron chi connectivity index (χ3n) is 4.24. The molecule has 0 aliphatic heterocycles. The molecular weight excluding hydrogens is 392 g/mol. The number of amides is 2. The van der Waals surface area contributed by atoms with Gasteiger partial charge in [0.1, 0.15) is 18.1 Å². The molecule has 6 nitrogen and oxygen atoms in total. The molecule has 2 N–H and O–H groups in total. The number of benzene rings is 2. The van der Waals surface area contributed by atoms with Crippen molar-refractivity contribution in [2.24, 2.45) is 0 Å². The molecule has 0 unspecified atom stereocenters. The predicted octanol–water partition coefficient (Wildman–Crippen LogP) is 4.50. The monoisotopic (exact) mass is 412 g/mol. The van der Waals surface area contributed by atoms with E-state index in [0.717, 1.165) is 11.1 Å². The summed E-state index contributed by atoms with van der Waals surface area (Å²) >= 11 is 6.04. The Hall–Kier alpha value is -3.25. The average Bonchev–Trinajstić information content (AvgIpc) is 3.18. The highest BCUT2D eigenvalue weighted by molar-refractivity contribution is 6.31. The van der Waals surface area contributed by atoms with Gasteiger partial charge in [0.2, 0.25) is 5.91 Å². The summed E-state index contributed by atoms with van der Waals surface area (Å²) in [6.07, 6.45) is 0. The number of halogens is 1. The zero-order valence-electron chi connectivity index (χ0n) is 16.1. The normalized spacial score (nSPS) is 10.4. The molecule has 0 atom stereocenters. The van der Waals surface area contributed by atoms with E-state index in [0.29, 0.717) is 22.2 Å². The first-order valence-electron chi connectivity index (χ1n) is 9.04. The lowest BCUT2D eigenvalue weighted by Gasteiger charge is -2.09. The first-order chi connectivity index (χ1) is 13.9. The van der Waals surface area contributed by atoms with Gasteiger partial charge >= 0.3 is 0 Å². The molecule has 0 saturated heterocycles. The lowest BCUT2D eigenvalue weighted by molar-refractivity contribution is -0.115. The van der Waals surface area contributed by atoms with Crippen LogP contribution in [-0.2, 0) is 11.4 Å². The van der Waals surface area contributed by atoms with Crippen LogP contribution >= 0.6 is 11.6 Å². The van der Waals surface area contributed by atoms with Crippen LogP contribution in [0.4, 0.5) is 5.69 Å². The van der Waals surface area contributed by atoms with Crippen LogP contribution in [0.25, 0.3) is 0 Å². The van der Waals surface area contributed by atoms with Gasteiger partial charge < -0.3 is 19.8 Å². The van der Waals surface area contributed by atoms with Gasteiger partial charge in [0.05, 0.1) is 6.54 Å². The SMILES string of the molecule is Cc1ccc(OCc2ccc(C(=O)NCC(=O)Nc3cccc(Cl)c3C)o2)cc1. The highest BCUT2D eigenvalue weighted by atomic mass is 35.5. The van der Waals surface area contributed by atoms with Gasteiger partial charge in [-0.05, 0) is 55.8 Å². The van der Waals surface area contributed by atoms with Crippen LogP contribution in [0.3, 0.4) is 0 Å². The second kappa shape index (κ2) is 9.30. The van der Waals surface area contributed by atoms with Crippen molar-refractivity contribution in [3.8, 4) is 5.75 Å². The van der Waals surface area contributed by atoms with E-state index in [9.17, 15) is 9.59 Å². The van der Waals surface area contributed by atoms with Gasteiger partial charge in [-0.2, -0.15) is 0 Å². The fourth-order valence-corrected chi connectivity index (χ4v) is 2.73. The molecule has 1 aromatic heterocycles. The molecule has 2 aromatic carbocycles. The van der Waals surface area contributed by atoms with Gasteiger partial charge in [0.15, 0.2) is 5.76 Å². The van der Waals surface area contributed by atoms with Crippen LogP contribution in [0.2, 0.25) is 5.02 Å². The van der Waals surface area contributed by atoms with E-state index < -0.39 is 5.91 Å². The Morgan fingerprint density at radius 1 is 1.03 bits per heavy atom. The number of anilines is 1. The molecule has 0 radical (unpaired) electrons. The minimum absolute atomic E-state index is 0.110. The smallest absolute Gasteiger partial charge is 0.287 e. The van der Waals surface area contributed by atoms with Crippen molar-refractivity contribution in [2.45, 2.75) is 20.5 Å². The lowest BCUT2D eigenvalue weighted by atomic mass is 10.2. The summed E-state index contributed by atoms with van der Waals surface area (Å²) in [6, 6.07) is 16.1. The van der Waals surface area contributed by atoms with Gasteiger partial charge in [-0.1, -0.05) is 35.4 Å². The molecule has 0 spiro atoms. The fraction of sp³-hybridized carbons (Fsp3) is 0.182. The number of hydrogen-bond acceptors (Lipinski definition) is 4. The number of aryl methyl sites for hydroxylation is 1. The van der Waals surface area contributed by atoms with Gasteiger partial charge in [-0.15, -0.1) is 0 Å². The quantitative estimate of drug-likeness (QED) is 0.598. The number of carbonyl (C=O) groups is 2. The topological polar surface area (TPSA) is 80.6 Å². The van der Waals surface area contributed by atoms with Crippen LogP contribution in [0.15, 0.2) is 59.0 Å². The van der Waals surface area contributed by atoms with Crippen molar-refractivity contribution in [1.29, 1.82) is 0 Å². The number of carbonyl (C=O) groups excluding carboxylic acids is 2. The summed E-state index contributed by atoms with van der Waals surface area (Å²) in [5.74, 6) is 0.489. The Bertz CT molecular complexity index is 1010. The zero-order valence-corrected chi connectivity index (χ0v) is 16.9. The van der Waals surface area contributed by atoms with Gasteiger partial charge in [0, 0.05) is 10.7 Å². The third kappa shape index (κ3) is 5.62. The van der Waals surface area contributed by atoms with E-state index in [4.69, 9.17) is 20.8 Å². The van der Waals surface area contributed by atoms with Gasteiger partial charge in [-0.3, -0.25) is 9.59 Å². The molecule has 2 amide bonds. The van der Waals surface area contributed by atoms with Crippen LogP contribution < -0.4 is 15.4 Å². The summed E-state index contributed by atoms with van der Waals surface area (Å²) in [6.45, 7) is 3.81. The summed E-state index contributed by atoms with van der Waals surface area (Å²) in [7, 11) is 0. The Balaban J connectivity index is 1.49. The maximum atomic E-state index is 12.2. The van der Waals surface area contributed by atoms with E-state index in [1.807, 2.05) is 31.2 Å². The molecule has 0 saturated carbocycles. The number of nitrogens with one attached hydrogen (secondary N) is 2. The van der Waals surface area contributed by atoms with Crippen LogP contribution in [0, 0.1) is 13.8 Å². The molecule has 29 heavy (non-hydrogen) atoms. The highest BCUT2D eigenvalue weighted by Gasteiger charge is 2.14. The average molecular weight is 413 g/mol.